The van der Waals surface area contributed by atoms with Crippen molar-refractivity contribution in [1.29, 1.82) is 0 Å². The summed E-state index contributed by atoms with van der Waals surface area (Å²) in [6.45, 7) is 16.6. The number of fused-ring (bicyclic) bond motifs is 7. The molecule has 6 nitrogen and oxygen atoms in total. The molecule has 0 bridgehead atoms. The smallest absolute Gasteiger partial charge is 0.0622 e. The van der Waals surface area contributed by atoms with Crippen molar-refractivity contribution in [2.45, 2.75) is 65.8 Å². The van der Waals surface area contributed by atoms with Crippen molar-refractivity contribution < 1.29 is 24.1 Å². The van der Waals surface area contributed by atoms with Crippen LogP contribution < -0.4 is 9.64 Å². The van der Waals surface area contributed by atoms with Gasteiger partial charge in [0.2, 0.25) is 0 Å². The second kappa shape index (κ2) is 17.1. The van der Waals surface area contributed by atoms with E-state index in [-0.39, 0.29) is 10.8 Å². The van der Waals surface area contributed by atoms with Crippen molar-refractivity contribution in [1.82, 2.24) is 18.7 Å². The molecular weight excluding hydrogens is 1050 g/mol. The first-order chi connectivity index (χ1) is 34.3. The van der Waals surface area contributed by atoms with Gasteiger partial charge in [-0.25, -0.2) is 0 Å². The molecule has 8 aromatic carbocycles. The zero-order valence-corrected chi connectivity index (χ0v) is 43.4. The van der Waals surface area contributed by atoms with Gasteiger partial charge in [0.1, 0.15) is 0 Å². The Hall–Kier alpha value is -7.53. The minimum absolute atomic E-state index is 0.0102. The second-order valence-corrected chi connectivity index (χ2v) is 22.0. The van der Waals surface area contributed by atoms with Crippen LogP contribution in [0.25, 0.3) is 72.2 Å². The zero-order chi connectivity index (χ0) is 48.8. The molecule has 0 radical (unpaired) electrons. The van der Waals surface area contributed by atoms with Gasteiger partial charge in [-0.3, -0.25) is 0 Å². The van der Waals surface area contributed by atoms with Crippen LogP contribution in [0.15, 0.2) is 194 Å². The number of anilines is 2. The number of aryl methyl sites for hydroxylation is 1. The molecule has 11 aromatic rings. The van der Waals surface area contributed by atoms with Crippen LogP contribution in [0.3, 0.4) is 0 Å². The predicted octanol–water partition coefficient (Wildman–Crippen LogP) is 16.7. The molecule has 0 saturated heterocycles. The van der Waals surface area contributed by atoms with Gasteiger partial charge in [-0.1, -0.05) is 66.7 Å². The average molecular weight is 1110 g/mol. The fraction of sp³-hybridized carbons (Fsp3) is 0.156. The Morgan fingerprint density at radius 2 is 1.06 bits per heavy atom. The summed E-state index contributed by atoms with van der Waals surface area (Å²) in [4.78, 5) is 7.54. The van der Waals surface area contributed by atoms with Crippen LogP contribution in [0.5, 0.6) is 11.5 Å². The standard InChI is InChI=1S/C64H55N5O.Pt/c1-42-32-62(65-39-56(42)43-18-9-8-10-19-43)66-40-44-33-48(69-57-24-13-11-22-53(57)54-23-12-14-25-58(54)69)28-30-52(44)55-31-29-51(38-61(55)66)70-50-21-17-20-47(37-50)67-41-68(60-27-16-15-26-59(60)67)49-35-45(63(2,3)4)34-46(36-49)64(5,6)7;/h8-39H,40H2,1-7H3;. The predicted molar refractivity (Wildman–Crippen MR) is 290 cm³/mol. The summed E-state index contributed by atoms with van der Waals surface area (Å²) in [5.74, 6) is 2.40. The quantitative estimate of drug-likeness (QED) is 0.160. The van der Waals surface area contributed by atoms with E-state index in [1.165, 1.54) is 49.6 Å². The van der Waals surface area contributed by atoms with Gasteiger partial charge in [0.15, 0.2) is 0 Å². The maximum absolute atomic E-state index is 6.91. The van der Waals surface area contributed by atoms with Gasteiger partial charge in [-0.2, -0.15) is 0 Å². The van der Waals surface area contributed by atoms with Crippen LogP contribution in [0, 0.1) is 10.7 Å². The van der Waals surface area contributed by atoms with E-state index in [1.54, 1.807) is 0 Å². The molecule has 0 unspecified atom stereocenters. The molecule has 0 atom stereocenters. The summed E-state index contributed by atoms with van der Waals surface area (Å²) in [5, 5.41) is 2.50. The van der Waals surface area contributed by atoms with E-state index in [0.29, 0.717) is 6.54 Å². The SMILES string of the molecule is Cc1cc(N2Cc3cc(-n4c5ccccc5c5ccccc54)ccc3-c3ccc(Oc4cccc(-n5[c](=[Pt])n(-c6cc(C(C)(C)C)cc(C(C)(C)C)c6)c6ccccc65)c4)cc32)ncc1-c1ccccc1. The summed E-state index contributed by atoms with van der Waals surface area (Å²) < 4.78 is 15.1. The molecule has 0 aliphatic carbocycles. The Labute approximate surface area is 426 Å². The van der Waals surface area contributed by atoms with E-state index in [2.05, 4.69) is 274 Å². The Bertz CT molecular complexity index is 3870. The molecule has 0 saturated carbocycles. The molecule has 1 aliphatic rings. The molecule has 0 N–H and O–H groups in total. The Kier molecular flexibility index (Phi) is 10.8. The van der Waals surface area contributed by atoms with Crippen LogP contribution in [-0.4, -0.2) is 18.7 Å². The minimum atomic E-state index is -0.0102. The van der Waals surface area contributed by atoms with E-state index < -0.39 is 0 Å². The number of aromatic nitrogens is 4. The number of rotatable bonds is 7. The Morgan fingerprint density at radius 1 is 0.479 bits per heavy atom. The van der Waals surface area contributed by atoms with Crippen molar-refractivity contribution in [3.8, 4) is 50.8 Å². The molecular formula is C64H55N5OPt. The van der Waals surface area contributed by atoms with Gasteiger partial charge in [0.05, 0.1) is 11.0 Å². The second-order valence-electron chi connectivity index (χ2n) is 21.0. The van der Waals surface area contributed by atoms with Crippen LogP contribution in [-0.2, 0) is 36.7 Å². The van der Waals surface area contributed by atoms with Crippen LogP contribution in [0.2, 0.25) is 0 Å². The topological polar surface area (TPSA) is 40.1 Å². The third-order valence-corrected chi connectivity index (χ3v) is 15.2. The number of hydrogen-bond donors (Lipinski definition) is 0. The number of benzene rings is 8. The van der Waals surface area contributed by atoms with Gasteiger partial charge < -0.3 is 4.57 Å². The van der Waals surface area contributed by atoms with Crippen molar-refractivity contribution in [3.63, 3.8) is 0 Å². The van der Waals surface area contributed by atoms with Crippen LogP contribution in [0.4, 0.5) is 11.5 Å². The molecule has 0 amide bonds. The summed E-state index contributed by atoms with van der Waals surface area (Å²) >= 11 is 2.50. The average Bonchev–Trinajstić information content (AvgIpc) is 3.87. The number of hydrogen-bond acceptors (Lipinski definition) is 3. The van der Waals surface area contributed by atoms with Gasteiger partial charge in [0.25, 0.3) is 0 Å². The van der Waals surface area contributed by atoms with Crippen molar-refractivity contribution in [2.24, 2.45) is 0 Å². The summed E-state index contributed by atoms with van der Waals surface area (Å²) in [5.41, 5.74) is 18.7. The molecule has 12 rings (SSSR count). The van der Waals surface area contributed by atoms with Gasteiger partial charge in [-0.15, -0.1) is 0 Å². The number of imidazole rings is 1. The number of para-hydroxylation sites is 4. The number of pyridine rings is 1. The first kappa shape index (κ1) is 44.7. The molecule has 71 heavy (non-hydrogen) atoms. The third kappa shape index (κ3) is 7.86. The first-order valence-electron chi connectivity index (χ1n) is 24.5. The van der Waals surface area contributed by atoms with Crippen LogP contribution >= 0.6 is 0 Å². The molecule has 1 aliphatic heterocycles. The van der Waals surface area contributed by atoms with E-state index >= 15 is 0 Å². The number of ether oxygens (including phenoxy) is 1. The molecule has 3 aromatic heterocycles. The molecule has 4 heterocycles. The molecule has 7 heteroatoms. The summed E-state index contributed by atoms with van der Waals surface area (Å²) in [6.07, 6.45) is 2.02. The Morgan fingerprint density at radius 3 is 1.70 bits per heavy atom. The van der Waals surface area contributed by atoms with Crippen molar-refractivity contribution >= 4 is 44.3 Å². The van der Waals surface area contributed by atoms with Gasteiger partial charge in [0, 0.05) is 28.2 Å². The van der Waals surface area contributed by atoms with Crippen molar-refractivity contribution in [2.75, 3.05) is 4.90 Å². The van der Waals surface area contributed by atoms with E-state index in [9.17, 15) is 0 Å². The third-order valence-electron chi connectivity index (χ3n) is 14.2. The number of nitrogens with zero attached hydrogens (tertiary/aromatic N) is 5. The van der Waals surface area contributed by atoms with Crippen LogP contribution in [0.1, 0.15) is 63.8 Å². The normalized spacial score (nSPS) is 12.7. The minimum Gasteiger partial charge on any atom is -0.0622 e. The fourth-order valence-corrected chi connectivity index (χ4v) is 11.6. The van der Waals surface area contributed by atoms with E-state index in [4.69, 9.17) is 9.72 Å². The van der Waals surface area contributed by atoms with Gasteiger partial charge >= 0.3 is 276 Å². The zero-order valence-electron chi connectivity index (χ0n) is 41.1. The Balaban J connectivity index is 0.951. The maximum atomic E-state index is 6.91. The first-order valence-corrected chi connectivity index (χ1v) is 25.6. The monoisotopic (exact) mass is 1100 g/mol. The fourth-order valence-electron chi connectivity index (χ4n) is 10.4. The summed E-state index contributed by atoms with van der Waals surface area (Å²) in [7, 11) is 0. The van der Waals surface area contributed by atoms with Gasteiger partial charge in [-0.05, 0) is 42.3 Å². The summed E-state index contributed by atoms with van der Waals surface area (Å²) in [6, 6.07) is 67.9. The van der Waals surface area contributed by atoms with E-state index in [0.717, 1.165) is 71.6 Å². The van der Waals surface area contributed by atoms with E-state index in [1.807, 2.05) is 6.20 Å². The molecule has 0 fully saturated rings. The molecule has 0 spiro atoms. The molecule has 352 valence electrons. The van der Waals surface area contributed by atoms with Crippen molar-refractivity contribution in [3.05, 3.63) is 220 Å².